The van der Waals surface area contributed by atoms with Gasteiger partial charge >= 0.3 is 0 Å². The molecule has 0 bridgehead atoms. The van der Waals surface area contributed by atoms with Crippen LogP contribution in [0.15, 0.2) is 94.4 Å². The van der Waals surface area contributed by atoms with E-state index in [1.807, 2.05) is 44.4 Å². The number of aryl methyl sites for hydroxylation is 1. The summed E-state index contributed by atoms with van der Waals surface area (Å²) >= 11 is 8.26. The Hall–Kier alpha value is -3.57. The summed E-state index contributed by atoms with van der Waals surface area (Å²) in [5.41, 5.74) is 3.07. The van der Waals surface area contributed by atoms with Crippen LogP contribution in [0.5, 0.6) is 0 Å². The summed E-state index contributed by atoms with van der Waals surface area (Å²) in [5.74, 6) is -0.760. The molecule has 7 rings (SSSR count). The lowest BCUT2D eigenvalue weighted by Gasteiger charge is -2.22. The first-order valence-electron chi connectivity index (χ1n) is 17.3. The average molecular weight is 811 g/mol. The van der Waals surface area contributed by atoms with Gasteiger partial charge < -0.3 is 19.3 Å². The summed E-state index contributed by atoms with van der Waals surface area (Å²) in [7, 11) is -4.40. The third-order valence-electron chi connectivity index (χ3n) is 9.24. The number of nitrogens with zero attached hydrogens (tertiary/aromatic N) is 4. The lowest BCUT2D eigenvalue weighted by atomic mass is 10.1. The van der Waals surface area contributed by atoms with E-state index in [-0.39, 0.29) is 18.6 Å². The maximum Gasteiger partial charge on any atom is 0.264 e. The molecule has 1 N–H and O–H groups in total. The molecule has 0 spiro atoms. The average Bonchev–Trinajstić information content (AvgIpc) is 3.75. The number of hydrogen-bond donors (Lipinski definition) is 1. The molecule has 3 heterocycles. The first-order valence-corrected chi connectivity index (χ1v) is 22.5. The molecule has 4 aromatic carbocycles. The summed E-state index contributed by atoms with van der Waals surface area (Å²) < 4.78 is 70.0. The Morgan fingerprint density at radius 3 is 2.17 bits per heavy atom. The highest BCUT2D eigenvalue weighted by Gasteiger charge is 2.28. The molecule has 0 atom stereocenters. The van der Waals surface area contributed by atoms with Gasteiger partial charge in [-0.05, 0) is 65.7 Å². The highest BCUT2D eigenvalue weighted by atomic mass is 32.2. The molecule has 10 nitrogen and oxygen atoms in total. The monoisotopic (exact) mass is 810 g/mol. The number of benzene rings is 4. The van der Waals surface area contributed by atoms with E-state index >= 15 is 0 Å². The second-order valence-corrected chi connectivity index (χ2v) is 18.6. The molecule has 0 unspecified atom stereocenters. The predicted octanol–water partition coefficient (Wildman–Crippen LogP) is 7.10. The molecule has 2 aliphatic rings. The first kappa shape index (κ1) is 39.1. The van der Waals surface area contributed by atoms with Gasteiger partial charge in [0.2, 0.25) is 5.52 Å². The van der Waals surface area contributed by atoms with Crippen LogP contribution in [0.2, 0.25) is 0 Å². The number of hydrogen-bond acceptors (Lipinski definition) is 9. The zero-order valence-corrected chi connectivity index (χ0v) is 33.8. The maximum absolute atomic E-state index is 11.5. The summed E-state index contributed by atoms with van der Waals surface area (Å²) in [6, 6.07) is 24.5. The molecule has 280 valence electrons. The summed E-state index contributed by atoms with van der Waals surface area (Å²) in [5, 5.41) is 7.16. The molecular weight excluding hydrogens is 769 g/mol. The second kappa shape index (κ2) is 16.4. The first-order chi connectivity index (χ1) is 25.2. The summed E-state index contributed by atoms with van der Waals surface area (Å²) in [6.07, 6.45) is 5.42. The summed E-state index contributed by atoms with van der Waals surface area (Å²) in [6.45, 7) is 5.02. The van der Waals surface area contributed by atoms with Crippen LogP contribution in [-0.2, 0) is 26.8 Å². The van der Waals surface area contributed by atoms with Crippen molar-refractivity contribution in [1.29, 1.82) is 0 Å². The van der Waals surface area contributed by atoms with Crippen LogP contribution >= 0.6 is 35.3 Å². The lowest BCUT2D eigenvalue weighted by Crippen LogP contribution is -2.36. The van der Waals surface area contributed by atoms with Crippen LogP contribution in [-0.4, -0.2) is 86.1 Å². The van der Waals surface area contributed by atoms with Crippen LogP contribution in [0.4, 0.5) is 5.69 Å². The van der Waals surface area contributed by atoms with E-state index in [1.165, 1.54) is 0 Å². The molecule has 53 heavy (non-hydrogen) atoms. The van der Waals surface area contributed by atoms with Crippen molar-refractivity contribution in [2.75, 3.05) is 50.1 Å². The minimum Gasteiger partial charge on any atom is -0.748 e. The topological polar surface area (TPSA) is 125 Å². The van der Waals surface area contributed by atoms with E-state index in [0.29, 0.717) is 19.5 Å². The number of rotatable bonds is 11. The molecule has 15 heteroatoms. The van der Waals surface area contributed by atoms with E-state index < -0.39 is 26.0 Å². The maximum atomic E-state index is 11.5. The van der Waals surface area contributed by atoms with Gasteiger partial charge in [-0.15, -0.1) is 0 Å². The van der Waals surface area contributed by atoms with Gasteiger partial charge in [-0.1, -0.05) is 84.6 Å². The predicted molar refractivity (Wildman–Crippen MR) is 221 cm³/mol. The van der Waals surface area contributed by atoms with Crippen molar-refractivity contribution in [3.05, 3.63) is 94.5 Å². The number of likely N-dealkylation sites (N-methyl/N-ethyl adjacent to an activating group) is 2. The molecule has 0 amide bonds. The molecule has 0 radical (unpaired) electrons. The second-order valence-electron chi connectivity index (χ2n) is 13.0. The van der Waals surface area contributed by atoms with Crippen molar-refractivity contribution in [3.63, 3.8) is 0 Å². The zero-order valence-electron chi connectivity index (χ0n) is 29.8. The van der Waals surface area contributed by atoms with Crippen LogP contribution in [0.25, 0.3) is 37.8 Å². The highest BCUT2D eigenvalue weighted by molar-refractivity contribution is 8.03. The van der Waals surface area contributed by atoms with Crippen LogP contribution in [0.1, 0.15) is 31.2 Å². The number of fused-ring (bicyclic) bond motifs is 6. The van der Waals surface area contributed by atoms with Crippen LogP contribution in [0, 0.1) is 0 Å². The van der Waals surface area contributed by atoms with Crippen molar-refractivity contribution in [2.24, 2.45) is 0 Å². The van der Waals surface area contributed by atoms with Gasteiger partial charge in [-0.25, -0.2) is 8.42 Å². The normalized spacial score (nSPS) is 15.9. The Labute approximate surface area is 324 Å². The highest BCUT2D eigenvalue weighted by Crippen LogP contribution is 2.50. The van der Waals surface area contributed by atoms with E-state index in [9.17, 15) is 25.9 Å². The van der Waals surface area contributed by atoms with Crippen molar-refractivity contribution >= 4 is 104 Å². The van der Waals surface area contributed by atoms with Gasteiger partial charge in [0, 0.05) is 62.3 Å². The van der Waals surface area contributed by atoms with Crippen molar-refractivity contribution in [2.45, 2.75) is 37.6 Å². The van der Waals surface area contributed by atoms with Gasteiger partial charge in [0.05, 0.1) is 32.0 Å². The minimum atomic E-state index is -4.34. The number of anilines is 1. The minimum absolute atomic E-state index is 0.203. The third kappa shape index (κ3) is 9.39. The molecule has 1 saturated heterocycles. The van der Waals surface area contributed by atoms with Crippen molar-refractivity contribution in [1.82, 2.24) is 9.80 Å². The Morgan fingerprint density at radius 1 is 0.906 bits per heavy atom. The van der Waals surface area contributed by atoms with E-state index in [2.05, 4.69) is 80.8 Å². The Kier molecular flexibility index (Phi) is 12.1. The Morgan fingerprint density at radius 2 is 1.55 bits per heavy atom. The molecule has 2 aliphatic heterocycles. The molecule has 0 saturated carbocycles. The Balaban J connectivity index is 0.000000533. The fourth-order valence-electron chi connectivity index (χ4n) is 6.56. The molecule has 1 fully saturated rings. The SMILES string of the molecule is CCC(=Cc1sc2ccc3ccccc3c2[n+]1CCCS(=O)(=O)[O-])C=C1Sc2ccc3ccccc3c2N1CCCS(=O)(=O)O.CN1CCN(C)C1=S. The standard InChI is InChI=1S/C33H32N2O6S4.C5H10N2S/c1-2-23(21-30-34(17-7-19-44(36,37)38)32-26-11-5-3-9-24(26)13-15-28(32)42-30)22-31-35(18-8-20-45(39,40)41)33-27-12-6-4-10-25(27)14-16-29(33)43-31;1-6-3-4-7(2)5(6)8/h3-6,9-16,21-22H,2,7-8,17-20H2,1H3,(H-,36,37,38,39,40,41);3-4H2,1-2H3. The zero-order chi connectivity index (χ0) is 37.9. The van der Waals surface area contributed by atoms with E-state index in [0.717, 1.165) is 76.2 Å². The van der Waals surface area contributed by atoms with Gasteiger partial charge in [0.1, 0.15) is 4.70 Å². The van der Waals surface area contributed by atoms with E-state index in [1.54, 1.807) is 23.1 Å². The fourth-order valence-corrected chi connectivity index (χ4v) is 10.1. The van der Waals surface area contributed by atoms with Gasteiger partial charge in [0.15, 0.2) is 11.7 Å². The van der Waals surface area contributed by atoms with Crippen molar-refractivity contribution in [3.8, 4) is 0 Å². The molecule has 5 aromatic rings. The van der Waals surface area contributed by atoms with E-state index in [4.69, 9.17) is 12.2 Å². The van der Waals surface area contributed by atoms with Crippen LogP contribution < -0.4 is 9.47 Å². The molecular formula is C38H42N4O6S5. The number of aromatic nitrogens is 1. The molecule has 0 aliphatic carbocycles. The van der Waals surface area contributed by atoms with Crippen molar-refractivity contribution < 1.29 is 30.5 Å². The molecule has 1 aromatic heterocycles. The third-order valence-corrected chi connectivity index (χ3v) is 13.6. The quantitative estimate of drug-likeness (QED) is 0.0835. The largest absolute Gasteiger partial charge is 0.748 e. The van der Waals surface area contributed by atoms with Gasteiger partial charge in [0.25, 0.3) is 15.1 Å². The fraction of sp³-hybridized carbons (Fsp3) is 0.316. The smallest absolute Gasteiger partial charge is 0.264 e. The van der Waals surface area contributed by atoms with Crippen LogP contribution in [0.3, 0.4) is 0 Å². The van der Waals surface area contributed by atoms with Gasteiger partial charge in [-0.3, -0.25) is 4.55 Å². The number of allylic oxidation sites excluding steroid dienone is 2. The lowest BCUT2D eigenvalue weighted by molar-refractivity contribution is -0.667. The van der Waals surface area contributed by atoms with Gasteiger partial charge in [-0.2, -0.15) is 13.0 Å². The summed E-state index contributed by atoms with van der Waals surface area (Å²) in [4.78, 5) is 7.37. The number of thiazole rings is 1. The number of thioether (sulfide) groups is 1. The Bertz CT molecular complexity index is 2450. The number of thiocarbonyl (C=S) groups is 1.